The number of aromatic nitrogens is 2. The van der Waals surface area contributed by atoms with Crippen molar-refractivity contribution in [2.45, 2.75) is 19.5 Å². The van der Waals surface area contributed by atoms with E-state index in [1.165, 1.54) is 11.7 Å². The molecule has 1 amide bonds. The van der Waals surface area contributed by atoms with E-state index in [-0.39, 0.29) is 5.91 Å². The molecule has 0 bridgehead atoms. The summed E-state index contributed by atoms with van der Waals surface area (Å²) in [7, 11) is 1.53. The van der Waals surface area contributed by atoms with Gasteiger partial charge in [0, 0.05) is 18.8 Å². The molecule has 0 spiro atoms. The van der Waals surface area contributed by atoms with E-state index in [2.05, 4.69) is 10.3 Å². The molecule has 0 saturated heterocycles. The van der Waals surface area contributed by atoms with E-state index >= 15 is 0 Å². The number of benzene rings is 1. The number of methoxy groups -OCH3 is 1. The summed E-state index contributed by atoms with van der Waals surface area (Å²) in [5, 5.41) is 2.81. The highest BCUT2D eigenvalue weighted by atomic mass is 16.5. The summed E-state index contributed by atoms with van der Waals surface area (Å²) in [6.07, 6.45) is 1.61. The Morgan fingerprint density at radius 1 is 1.38 bits per heavy atom. The number of nitrogens with zero attached hydrogens (tertiary/aromatic N) is 2. The molecule has 3 aromatic rings. The van der Waals surface area contributed by atoms with Crippen LogP contribution in [0.15, 0.2) is 51.8 Å². The van der Waals surface area contributed by atoms with Crippen LogP contribution in [-0.2, 0) is 11.3 Å². The molecule has 0 radical (unpaired) electrons. The molecule has 0 aliphatic carbocycles. The lowest BCUT2D eigenvalue weighted by Gasteiger charge is -2.13. The van der Waals surface area contributed by atoms with Gasteiger partial charge < -0.3 is 14.5 Å². The van der Waals surface area contributed by atoms with Gasteiger partial charge in [-0.05, 0) is 30.7 Å². The van der Waals surface area contributed by atoms with Gasteiger partial charge in [-0.2, -0.15) is 0 Å². The minimum Gasteiger partial charge on any atom is -0.481 e. The minimum atomic E-state index is -0.690. The van der Waals surface area contributed by atoms with Gasteiger partial charge in [0.05, 0.1) is 12.6 Å². The number of hydrogen-bond donors (Lipinski definition) is 1. The van der Waals surface area contributed by atoms with E-state index in [9.17, 15) is 9.59 Å². The number of hydrogen-bond acceptors (Lipinski definition) is 5. The van der Waals surface area contributed by atoms with Gasteiger partial charge in [0.15, 0.2) is 5.58 Å². The quantitative estimate of drug-likeness (QED) is 0.773. The molecule has 3 rings (SSSR count). The normalized spacial score (nSPS) is 12.1. The SMILES string of the molecule is COc1cc(CNC(=O)C(C)n2c(=O)oc3ccccc32)ccn1. The van der Waals surface area contributed by atoms with Crippen molar-refractivity contribution in [3.8, 4) is 5.88 Å². The van der Waals surface area contributed by atoms with Crippen LogP contribution in [0.25, 0.3) is 11.1 Å². The zero-order valence-electron chi connectivity index (χ0n) is 13.4. The molecule has 2 aromatic heterocycles. The van der Waals surface area contributed by atoms with E-state index in [1.807, 2.05) is 0 Å². The van der Waals surface area contributed by atoms with Crippen LogP contribution in [-0.4, -0.2) is 22.6 Å². The fourth-order valence-electron chi connectivity index (χ4n) is 2.48. The Morgan fingerprint density at radius 3 is 2.96 bits per heavy atom. The third kappa shape index (κ3) is 3.01. The Bertz CT molecular complexity index is 929. The van der Waals surface area contributed by atoms with Crippen molar-refractivity contribution in [1.29, 1.82) is 0 Å². The summed E-state index contributed by atoms with van der Waals surface area (Å²) < 4.78 is 11.6. The number of fused-ring (bicyclic) bond motifs is 1. The minimum absolute atomic E-state index is 0.278. The molecule has 7 nitrogen and oxygen atoms in total. The lowest BCUT2D eigenvalue weighted by molar-refractivity contribution is -0.124. The van der Waals surface area contributed by atoms with Crippen LogP contribution in [0.3, 0.4) is 0 Å². The second kappa shape index (κ2) is 6.57. The van der Waals surface area contributed by atoms with Gasteiger partial charge in [-0.25, -0.2) is 9.78 Å². The number of pyridine rings is 1. The van der Waals surface area contributed by atoms with Crippen LogP contribution in [0.5, 0.6) is 5.88 Å². The molecule has 1 atom stereocenters. The van der Waals surface area contributed by atoms with Gasteiger partial charge >= 0.3 is 5.76 Å². The third-order valence-electron chi connectivity index (χ3n) is 3.76. The molecule has 0 aliphatic heterocycles. The maximum atomic E-state index is 12.4. The zero-order valence-corrected chi connectivity index (χ0v) is 13.4. The van der Waals surface area contributed by atoms with Crippen LogP contribution in [0.4, 0.5) is 0 Å². The van der Waals surface area contributed by atoms with E-state index in [0.717, 1.165) is 5.56 Å². The van der Waals surface area contributed by atoms with E-state index in [4.69, 9.17) is 9.15 Å². The van der Waals surface area contributed by atoms with Gasteiger partial charge in [-0.15, -0.1) is 0 Å². The van der Waals surface area contributed by atoms with Crippen LogP contribution >= 0.6 is 0 Å². The Morgan fingerprint density at radius 2 is 2.17 bits per heavy atom. The van der Waals surface area contributed by atoms with Gasteiger partial charge in [-0.3, -0.25) is 9.36 Å². The molecule has 1 N–H and O–H groups in total. The lowest BCUT2D eigenvalue weighted by Crippen LogP contribution is -2.34. The standard InChI is InChI=1S/C17H17N3O4/c1-11(20-13-5-3-4-6-14(13)24-17(20)22)16(21)19-10-12-7-8-18-15(9-12)23-2/h3-9,11H,10H2,1-2H3,(H,19,21). The van der Waals surface area contributed by atoms with Gasteiger partial charge in [0.25, 0.3) is 0 Å². The maximum absolute atomic E-state index is 12.4. The molecule has 0 aliphatic rings. The lowest BCUT2D eigenvalue weighted by atomic mass is 10.2. The fraction of sp³-hybridized carbons (Fsp3) is 0.235. The number of ether oxygens (including phenoxy) is 1. The smallest absolute Gasteiger partial charge is 0.420 e. The number of rotatable bonds is 5. The summed E-state index contributed by atoms with van der Waals surface area (Å²) in [6.45, 7) is 1.97. The molecule has 1 unspecified atom stereocenters. The first-order valence-corrected chi connectivity index (χ1v) is 7.47. The summed E-state index contributed by atoms with van der Waals surface area (Å²) in [5.74, 6) is -0.351. The Labute approximate surface area is 137 Å². The molecule has 7 heteroatoms. The summed E-state index contributed by atoms with van der Waals surface area (Å²) in [4.78, 5) is 28.5. The van der Waals surface area contributed by atoms with Crippen molar-refractivity contribution in [3.63, 3.8) is 0 Å². The Kier molecular flexibility index (Phi) is 4.33. The monoisotopic (exact) mass is 327 g/mol. The number of carbonyl (C=O) groups is 1. The topological polar surface area (TPSA) is 86.4 Å². The van der Waals surface area contributed by atoms with Crippen molar-refractivity contribution >= 4 is 17.0 Å². The summed E-state index contributed by atoms with van der Waals surface area (Å²) in [6, 6.07) is 9.85. The predicted octanol–water partition coefficient (Wildman–Crippen LogP) is 1.88. The predicted molar refractivity (Wildman–Crippen MR) is 87.8 cm³/mol. The molecule has 24 heavy (non-hydrogen) atoms. The Hall–Kier alpha value is -3.09. The average molecular weight is 327 g/mol. The number of nitrogens with one attached hydrogen (secondary N) is 1. The van der Waals surface area contributed by atoms with Crippen molar-refractivity contribution in [1.82, 2.24) is 14.9 Å². The van der Waals surface area contributed by atoms with Crippen LogP contribution < -0.4 is 15.8 Å². The van der Waals surface area contributed by atoms with E-state index in [0.29, 0.717) is 23.5 Å². The Balaban J connectivity index is 1.77. The molecular formula is C17H17N3O4. The van der Waals surface area contributed by atoms with Crippen molar-refractivity contribution in [3.05, 3.63) is 58.7 Å². The zero-order chi connectivity index (χ0) is 17.1. The van der Waals surface area contributed by atoms with E-state index < -0.39 is 11.8 Å². The molecule has 0 fully saturated rings. The first-order valence-electron chi connectivity index (χ1n) is 7.47. The first kappa shape index (κ1) is 15.8. The van der Waals surface area contributed by atoms with Crippen molar-refractivity contribution < 1.29 is 13.9 Å². The number of carbonyl (C=O) groups excluding carboxylic acids is 1. The summed E-state index contributed by atoms with van der Waals surface area (Å²) in [5.41, 5.74) is 1.91. The second-order valence-electron chi connectivity index (χ2n) is 5.31. The second-order valence-corrected chi connectivity index (χ2v) is 5.31. The van der Waals surface area contributed by atoms with Gasteiger partial charge in [0.2, 0.25) is 11.8 Å². The third-order valence-corrected chi connectivity index (χ3v) is 3.76. The molecular weight excluding hydrogens is 310 g/mol. The average Bonchev–Trinajstić information content (AvgIpc) is 2.94. The molecule has 1 aromatic carbocycles. The number of para-hydroxylation sites is 2. The highest BCUT2D eigenvalue weighted by Crippen LogP contribution is 2.17. The molecule has 2 heterocycles. The van der Waals surface area contributed by atoms with Crippen molar-refractivity contribution in [2.24, 2.45) is 0 Å². The number of oxazole rings is 1. The first-order chi connectivity index (χ1) is 11.6. The van der Waals surface area contributed by atoms with Crippen LogP contribution in [0.1, 0.15) is 18.5 Å². The highest BCUT2D eigenvalue weighted by molar-refractivity contribution is 5.82. The molecule has 0 saturated carbocycles. The molecule has 124 valence electrons. The largest absolute Gasteiger partial charge is 0.481 e. The van der Waals surface area contributed by atoms with E-state index in [1.54, 1.807) is 49.5 Å². The maximum Gasteiger partial charge on any atom is 0.420 e. The fourth-order valence-corrected chi connectivity index (χ4v) is 2.48. The van der Waals surface area contributed by atoms with Crippen molar-refractivity contribution in [2.75, 3.05) is 7.11 Å². The van der Waals surface area contributed by atoms with Crippen LogP contribution in [0, 0.1) is 0 Å². The van der Waals surface area contributed by atoms with Gasteiger partial charge in [-0.1, -0.05) is 12.1 Å². The van der Waals surface area contributed by atoms with Crippen LogP contribution in [0.2, 0.25) is 0 Å². The van der Waals surface area contributed by atoms with Gasteiger partial charge in [0.1, 0.15) is 6.04 Å². The highest BCUT2D eigenvalue weighted by Gasteiger charge is 2.20. The summed E-state index contributed by atoms with van der Waals surface area (Å²) >= 11 is 0. The number of amides is 1.